The van der Waals surface area contributed by atoms with Gasteiger partial charge in [-0.1, -0.05) is 15.9 Å². The van der Waals surface area contributed by atoms with Crippen molar-refractivity contribution in [2.75, 3.05) is 11.5 Å². The molecule has 0 unspecified atom stereocenters. The van der Waals surface area contributed by atoms with Crippen LogP contribution in [0.4, 0.5) is 11.8 Å². The summed E-state index contributed by atoms with van der Waals surface area (Å²) >= 11 is 3.36. The van der Waals surface area contributed by atoms with Crippen molar-refractivity contribution in [3.8, 4) is 23.1 Å². The maximum atomic E-state index is 10.00. The van der Waals surface area contributed by atoms with Crippen molar-refractivity contribution >= 4 is 27.7 Å². The summed E-state index contributed by atoms with van der Waals surface area (Å²) in [6.45, 7) is 1.83. The summed E-state index contributed by atoms with van der Waals surface area (Å²) in [4.78, 5) is 7.72. The van der Waals surface area contributed by atoms with Gasteiger partial charge in [0.1, 0.15) is 23.2 Å². The molecule has 5 N–H and O–H groups in total. The number of phenolic OH excluding ortho intramolecular Hbond substituents is 1. The molecule has 0 aliphatic carbocycles. The molecule has 7 heteroatoms. The molecule has 2 aromatic rings. The molecule has 96 valence electrons. The highest BCUT2D eigenvalue weighted by Crippen LogP contribution is 2.35. The Kier molecular flexibility index (Phi) is 3.27. The Morgan fingerprint density at radius 3 is 2.63 bits per heavy atom. The largest absolute Gasteiger partial charge is 0.507 e. The summed E-state index contributed by atoms with van der Waals surface area (Å²) in [5.41, 5.74) is 12.7. The minimum Gasteiger partial charge on any atom is -0.507 e. The average molecular weight is 320 g/mol. The first kappa shape index (κ1) is 13.1. The lowest BCUT2D eigenvalue weighted by molar-refractivity contribution is 0.476. The number of nitrogens with two attached hydrogens (primary N) is 2. The van der Waals surface area contributed by atoms with Crippen molar-refractivity contribution < 1.29 is 5.11 Å². The highest BCUT2D eigenvalue weighted by molar-refractivity contribution is 9.10. The summed E-state index contributed by atoms with van der Waals surface area (Å²) in [7, 11) is 0. The van der Waals surface area contributed by atoms with Gasteiger partial charge in [-0.15, -0.1) is 0 Å². The topological polar surface area (TPSA) is 122 Å². The van der Waals surface area contributed by atoms with Crippen LogP contribution in [0.3, 0.4) is 0 Å². The lowest BCUT2D eigenvalue weighted by atomic mass is 10.0. The average Bonchev–Trinajstić information content (AvgIpc) is 2.33. The van der Waals surface area contributed by atoms with Crippen molar-refractivity contribution in [1.82, 2.24) is 9.97 Å². The molecule has 1 aromatic heterocycles. The van der Waals surface area contributed by atoms with Gasteiger partial charge in [0, 0.05) is 10.0 Å². The Morgan fingerprint density at radius 1 is 1.32 bits per heavy atom. The lowest BCUT2D eigenvalue weighted by Gasteiger charge is -2.10. The van der Waals surface area contributed by atoms with Crippen LogP contribution in [0.25, 0.3) is 11.3 Å². The third-order valence-electron chi connectivity index (χ3n) is 2.60. The molecule has 2 rings (SSSR count). The molecule has 19 heavy (non-hydrogen) atoms. The molecule has 0 radical (unpaired) electrons. The molecular formula is C12H10BrN5O. The van der Waals surface area contributed by atoms with Gasteiger partial charge in [-0.05, 0) is 24.6 Å². The van der Waals surface area contributed by atoms with Crippen LogP contribution in [0.1, 0.15) is 11.1 Å². The summed E-state index contributed by atoms with van der Waals surface area (Å²) in [5.74, 6) is -0.0709. The first-order valence-corrected chi connectivity index (χ1v) is 6.06. The van der Waals surface area contributed by atoms with Gasteiger partial charge in [-0.3, -0.25) is 0 Å². The van der Waals surface area contributed by atoms with E-state index in [1.807, 2.05) is 13.0 Å². The molecule has 0 fully saturated rings. The fourth-order valence-electron chi connectivity index (χ4n) is 1.66. The Hall–Kier alpha value is -2.33. The SMILES string of the molecule is Cc1cc(O)c(-c2nc(N)nc(N)c2C#N)cc1Br. The lowest BCUT2D eigenvalue weighted by Crippen LogP contribution is -2.05. The molecule has 0 bridgehead atoms. The standard InChI is InChI=1S/C12H10BrN5O/c1-5-2-9(19)6(3-8(5)13)10-7(4-14)11(15)18-12(16)17-10/h2-3,19H,1H3,(H4,15,16,17,18). The van der Waals surface area contributed by atoms with Gasteiger partial charge in [0.25, 0.3) is 0 Å². The Balaban J connectivity index is 2.79. The number of nitrogens with zero attached hydrogens (tertiary/aromatic N) is 3. The summed E-state index contributed by atoms with van der Waals surface area (Å²) in [5, 5.41) is 19.1. The molecule has 6 nitrogen and oxygen atoms in total. The molecule has 0 saturated carbocycles. The van der Waals surface area contributed by atoms with Crippen LogP contribution in [0.15, 0.2) is 16.6 Å². The monoisotopic (exact) mass is 319 g/mol. The third kappa shape index (κ3) is 2.30. The Labute approximate surface area is 117 Å². The van der Waals surface area contributed by atoms with Crippen LogP contribution in [0.2, 0.25) is 0 Å². The van der Waals surface area contributed by atoms with E-state index in [2.05, 4.69) is 25.9 Å². The Morgan fingerprint density at radius 2 is 2.00 bits per heavy atom. The van der Waals surface area contributed by atoms with Crippen LogP contribution < -0.4 is 11.5 Å². The smallest absolute Gasteiger partial charge is 0.222 e. The number of hydrogen-bond donors (Lipinski definition) is 3. The first-order chi connectivity index (χ1) is 8.93. The van der Waals surface area contributed by atoms with Crippen molar-refractivity contribution in [2.45, 2.75) is 6.92 Å². The number of halogens is 1. The number of nitrogen functional groups attached to an aromatic ring is 2. The van der Waals surface area contributed by atoms with Crippen molar-refractivity contribution in [2.24, 2.45) is 0 Å². The number of aryl methyl sites for hydroxylation is 1. The highest BCUT2D eigenvalue weighted by Gasteiger charge is 2.17. The molecule has 0 aliphatic rings. The van der Waals surface area contributed by atoms with Gasteiger partial charge in [0.05, 0.1) is 5.69 Å². The van der Waals surface area contributed by atoms with E-state index in [4.69, 9.17) is 16.7 Å². The number of nitriles is 1. The molecule has 0 spiro atoms. The third-order valence-corrected chi connectivity index (χ3v) is 3.45. The number of anilines is 2. The van der Waals surface area contributed by atoms with Gasteiger partial charge >= 0.3 is 0 Å². The van der Waals surface area contributed by atoms with Crippen molar-refractivity contribution in [1.29, 1.82) is 5.26 Å². The van der Waals surface area contributed by atoms with E-state index in [1.54, 1.807) is 12.1 Å². The van der Waals surface area contributed by atoms with E-state index in [-0.39, 0.29) is 28.8 Å². The molecule has 0 amide bonds. The zero-order chi connectivity index (χ0) is 14.2. The van der Waals surface area contributed by atoms with E-state index in [0.717, 1.165) is 10.0 Å². The first-order valence-electron chi connectivity index (χ1n) is 5.26. The van der Waals surface area contributed by atoms with Gasteiger partial charge in [0.2, 0.25) is 5.95 Å². The number of phenols is 1. The van der Waals surface area contributed by atoms with Gasteiger partial charge in [-0.2, -0.15) is 10.2 Å². The van der Waals surface area contributed by atoms with Crippen LogP contribution in [0, 0.1) is 18.3 Å². The number of hydrogen-bond acceptors (Lipinski definition) is 6. The van der Waals surface area contributed by atoms with E-state index in [1.165, 1.54) is 0 Å². The molecule has 0 atom stereocenters. The van der Waals surface area contributed by atoms with E-state index < -0.39 is 0 Å². The van der Waals surface area contributed by atoms with Crippen LogP contribution >= 0.6 is 15.9 Å². The van der Waals surface area contributed by atoms with Gasteiger partial charge in [-0.25, -0.2) is 4.98 Å². The van der Waals surface area contributed by atoms with Crippen molar-refractivity contribution in [3.63, 3.8) is 0 Å². The molecule has 1 heterocycles. The summed E-state index contributed by atoms with van der Waals surface area (Å²) in [6, 6.07) is 5.14. The minimum atomic E-state index is -0.0532. The molecule has 0 aliphatic heterocycles. The maximum absolute atomic E-state index is 10.00. The van der Waals surface area contributed by atoms with E-state index in [0.29, 0.717) is 5.56 Å². The number of aromatic nitrogens is 2. The predicted molar refractivity (Wildman–Crippen MR) is 75.1 cm³/mol. The summed E-state index contributed by atoms with van der Waals surface area (Å²) in [6.07, 6.45) is 0. The highest BCUT2D eigenvalue weighted by atomic mass is 79.9. The molecular weight excluding hydrogens is 310 g/mol. The predicted octanol–water partition coefficient (Wildman–Crippen LogP) is 1.96. The maximum Gasteiger partial charge on any atom is 0.222 e. The van der Waals surface area contributed by atoms with Crippen LogP contribution in [-0.2, 0) is 0 Å². The zero-order valence-corrected chi connectivity index (χ0v) is 11.6. The second kappa shape index (κ2) is 4.74. The minimum absolute atomic E-state index is 0.00491. The number of benzene rings is 1. The van der Waals surface area contributed by atoms with Crippen LogP contribution in [0.5, 0.6) is 5.75 Å². The van der Waals surface area contributed by atoms with Gasteiger partial charge < -0.3 is 16.6 Å². The molecule has 0 saturated heterocycles. The normalized spacial score (nSPS) is 10.2. The fourth-order valence-corrected chi connectivity index (χ4v) is 2.00. The quantitative estimate of drug-likeness (QED) is 0.738. The van der Waals surface area contributed by atoms with Crippen molar-refractivity contribution in [3.05, 3.63) is 27.7 Å². The summed E-state index contributed by atoms with van der Waals surface area (Å²) < 4.78 is 0.778. The van der Waals surface area contributed by atoms with Crippen LogP contribution in [-0.4, -0.2) is 15.1 Å². The number of rotatable bonds is 1. The van der Waals surface area contributed by atoms with E-state index >= 15 is 0 Å². The zero-order valence-electron chi connectivity index (χ0n) is 9.98. The number of aromatic hydroxyl groups is 1. The Bertz CT molecular complexity index is 708. The van der Waals surface area contributed by atoms with Gasteiger partial charge in [0.15, 0.2) is 0 Å². The second-order valence-corrected chi connectivity index (χ2v) is 4.78. The van der Waals surface area contributed by atoms with E-state index in [9.17, 15) is 5.11 Å². The fraction of sp³-hybridized carbons (Fsp3) is 0.0833. The second-order valence-electron chi connectivity index (χ2n) is 3.92. The molecule has 1 aromatic carbocycles.